The molecule has 0 unspecified atom stereocenters. The van der Waals surface area contributed by atoms with E-state index in [0.717, 1.165) is 83.2 Å². The Morgan fingerprint density at radius 2 is 1.65 bits per heavy atom. The second kappa shape index (κ2) is 12.3. The maximum Gasteiger partial charge on any atom is 0.166 e. The third-order valence-corrected chi connectivity index (χ3v) is 3.70. The van der Waals surface area contributed by atoms with E-state index in [0.29, 0.717) is 6.61 Å². The fraction of sp³-hybridized carbons (Fsp3) is 0.929. The zero-order valence-electron chi connectivity index (χ0n) is 12.4. The van der Waals surface area contributed by atoms with Gasteiger partial charge in [-0.3, -0.25) is 4.90 Å². The molecule has 1 saturated heterocycles. The zero-order chi connectivity index (χ0) is 14.5. The van der Waals surface area contributed by atoms with Crippen LogP contribution in [-0.2, 0) is 4.74 Å². The highest BCUT2D eigenvalue weighted by molar-refractivity contribution is 7.80. The number of unbranched alkanes of at least 4 members (excludes halogenated alkanes) is 3. The van der Waals surface area contributed by atoms with Crippen molar-refractivity contribution in [3.63, 3.8) is 0 Å². The fourth-order valence-electron chi connectivity index (χ4n) is 2.18. The minimum Gasteiger partial charge on any atom is -0.396 e. The Hall–Kier alpha value is -0.430. The van der Waals surface area contributed by atoms with Gasteiger partial charge in [0.25, 0.3) is 0 Å². The van der Waals surface area contributed by atoms with Crippen LogP contribution >= 0.6 is 12.2 Å². The number of aliphatic hydroxyl groups is 1. The molecule has 1 aliphatic rings. The standard InChI is InChI=1S/C14H29N3O2S/c18-11-4-2-1-3-6-15-14(20)16-7-5-8-17-9-12-19-13-10-17/h18H,1-13H2,(H2,15,16,20). The molecule has 1 heterocycles. The van der Waals surface area contributed by atoms with Crippen LogP contribution in [0.25, 0.3) is 0 Å². The molecule has 6 heteroatoms. The first kappa shape index (κ1) is 17.6. The summed E-state index contributed by atoms with van der Waals surface area (Å²) < 4.78 is 5.32. The molecule has 118 valence electrons. The molecule has 0 amide bonds. The number of thiocarbonyl (C=S) groups is 1. The normalized spacial score (nSPS) is 16.1. The van der Waals surface area contributed by atoms with Crippen LogP contribution in [0.1, 0.15) is 32.1 Å². The first-order chi connectivity index (χ1) is 9.83. The third kappa shape index (κ3) is 9.47. The maximum absolute atomic E-state index is 8.67. The number of nitrogens with zero attached hydrogens (tertiary/aromatic N) is 1. The lowest BCUT2D eigenvalue weighted by atomic mass is 10.2. The van der Waals surface area contributed by atoms with E-state index < -0.39 is 0 Å². The van der Waals surface area contributed by atoms with Crippen molar-refractivity contribution >= 4 is 17.3 Å². The zero-order valence-corrected chi connectivity index (χ0v) is 13.2. The lowest BCUT2D eigenvalue weighted by Crippen LogP contribution is -2.40. The molecule has 0 bridgehead atoms. The van der Waals surface area contributed by atoms with Crippen molar-refractivity contribution in [2.45, 2.75) is 32.1 Å². The van der Waals surface area contributed by atoms with E-state index in [1.165, 1.54) is 0 Å². The van der Waals surface area contributed by atoms with Crippen LogP contribution in [0, 0.1) is 0 Å². The molecule has 3 N–H and O–H groups in total. The molecule has 0 saturated carbocycles. The fourth-order valence-corrected chi connectivity index (χ4v) is 2.39. The number of morpholine rings is 1. The van der Waals surface area contributed by atoms with Crippen LogP contribution in [0.5, 0.6) is 0 Å². The van der Waals surface area contributed by atoms with Gasteiger partial charge in [0.1, 0.15) is 0 Å². The van der Waals surface area contributed by atoms with Gasteiger partial charge >= 0.3 is 0 Å². The first-order valence-electron chi connectivity index (χ1n) is 7.75. The Bertz CT molecular complexity index is 249. The van der Waals surface area contributed by atoms with E-state index in [-0.39, 0.29) is 0 Å². The van der Waals surface area contributed by atoms with Gasteiger partial charge in [-0.2, -0.15) is 0 Å². The van der Waals surface area contributed by atoms with Crippen molar-refractivity contribution in [3.8, 4) is 0 Å². The lowest BCUT2D eigenvalue weighted by Gasteiger charge is -2.26. The quantitative estimate of drug-likeness (QED) is 0.408. The van der Waals surface area contributed by atoms with Gasteiger partial charge in [-0.25, -0.2) is 0 Å². The molecule has 5 nitrogen and oxygen atoms in total. The van der Waals surface area contributed by atoms with Crippen LogP contribution in [-0.4, -0.2) is 67.7 Å². The smallest absolute Gasteiger partial charge is 0.166 e. The molecule has 0 spiro atoms. The van der Waals surface area contributed by atoms with Gasteiger partial charge in [-0.15, -0.1) is 0 Å². The molecule has 0 aromatic carbocycles. The second-order valence-electron chi connectivity index (χ2n) is 5.13. The average molecular weight is 303 g/mol. The van der Waals surface area contributed by atoms with E-state index in [2.05, 4.69) is 15.5 Å². The van der Waals surface area contributed by atoms with Crippen molar-refractivity contribution in [1.29, 1.82) is 0 Å². The summed E-state index contributed by atoms with van der Waals surface area (Å²) in [6.07, 6.45) is 5.36. The van der Waals surface area contributed by atoms with Crippen molar-refractivity contribution < 1.29 is 9.84 Å². The predicted octanol–water partition coefficient (Wildman–Crippen LogP) is 0.726. The minimum absolute atomic E-state index is 0.302. The van der Waals surface area contributed by atoms with Gasteiger partial charge < -0.3 is 20.5 Å². The largest absolute Gasteiger partial charge is 0.396 e. The second-order valence-corrected chi connectivity index (χ2v) is 5.54. The summed E-state index contributed by atoms with van der Waals surface area (Å²) in [4.78, 5) is 2.43. The summed E-state index contributed by atoms with van der Waals surface area (Å²) in [5.74, 6) is 0. The summed E-state index contributed by atoms with van der Waals surface area (Å²) in [5, 5.41) is 15.9. The minimum atomic E-state index is 0.302. The molecule has 0 aromatic heterocycles. The van der Waals surface area contributed by atoms with Gasteiger partial charge in [-0.05, 0) is 38.0 Å². The maximum atomic E-state index is 8.67. The van der Waals surface area contributed by atoms with Gasteiger partial charge in [0, 0.05) is 32.8 Å². The summed E-state index contributed by atoms with van der Waals surface area (Å²) >= 11 is 5.23. The highest BCUT2D eigenvalue weighted by Gasteiger charge is 2.08. The lowest BCUT2D eigenvalue weighted by molar-refractivity contribution is 0.0376. The van der Waals surface area contributed by atoms with Crippen molar-refractivity contribution in [3.05, 3.63) is 0 Å². The summed E-state index contributed by atoms with van der Waals surface area (Å²) in [7, 11) is 0. The summed E-state index contributed by atoms with van der Waals surface area (Å²) in [6, 6.07) is 0. The number of aliphatic hydroxyl groups excluding tert-OH is 1. The van der Waals surface area contributed by atoms with Crippen molar-refractivity contribution in [1.82, 2.24) is 15.5 Å². The monoisotopic (exact) mass is 303 g/mol. The Morgan fingerprint density at radius 3 is 2.35 bits per heavy atom. The first-order valence-corrected chi connectivity index (χ1v) is 8.16. The Kier molecular flexibility index (Phi) is 10.9. The molecule has 1 aliphatic heterocycles. The number of hydrogen-bond acceptors (Lipinski definition) is 4. The molecule has 0 aliphatic carbocycles. The van der Waals surface area contributed by atoms with E-state index >= 15 is 0 Å². The SMILES string of the molecule is OCCCCCCNC(=S)NCCCN1CCOCC1. The number of ether oxygens (including phenoxy) is 1. The number of rotatable bonds is 10. The van der Waals surface area contributed by atoms with Crippen molar-refractivity contribution in [2.24, 2.45) is 0 Å². The van der Waals surface area contributed by atoms with Gasteiger partial charge in [0.15, 0.2) is 5.11 Å². The van der Waals surface area contributed by atoms with E-state index in [1.54, 1.807) is 0 Å². The van der Waals surface area contributed by atoms with Crippen molar-refractivity contribution in [2.75, 3.05) is 52.5 Å². The van der Waals surface area contributed by atoms with Crippen LogP contribution < -0.4 is 10.6 Å². The highest BCUT2D eigenvalue weighted by Crippen LogP contribution is 1.98. The van der Waals surface area contributed by atoms with Gasteiger partial charge in [-0.1, -0.05) is 12.8 Å². The third-order valence-electron chi connectivity index (χ3n) is 3.41. The predicted molar refractivity (Wildman–Crippen MR) is 86.0 cm³/mol. The molecule has 1 fully saturated rings. The molecule has 0 radical (unpaired) electrons. The number of nitrogens with one attached hydrogen (secondary N) is 2. The van der Waals surface area contributed by atoms with Crippen LogP contribution in [0.4, 0.5) is 0 Å². The average Bonchev–Trinajstić information content (AvgIpc) is 2.48. The van der Waals surface area contributed by atoms with E-state index in [1.807, 2.05) is 0 Å². The van der Waals surface area contributed by atoms with E-state index in [9.17, 15) is 0 Å². The van der Waals surface area contributed by atoms with Crippen LogP contribution in [0.15, 0.2) is 0 Å². The van der Waals surface area contributed by atoms with Gasteiger partial charge in [0.05, 0.1) is 13.2 Å². The number of hydrogen-bond donors (Lipinski definition) is 3. The molecule has 1 rings (SSSR count). The molecular formula is C14H29N3O2S. The van der Waals surface area contributed by atoms with Gasteiger partial charge in [0.2, 0.25) is 0 Å². The Morgan fingerprint density at radius 1 is 1.00 bits per heavy atom. The molecule has 0 atom stereocenters. The summed E-state index contributed by atoms with van der Waals surface area (Å²) in [5.41, 5.74) is 0. The Labute approximate surface area is 128 Å². The molecule has 20 heavy (non-hydrogen) atoms. The highest BCUT2D eigenvalue weighted by atomic mass is 32.1. The molecule has 0 aromatic rings. The topological polar surface area (TPSA) is 56.8 Å². The Balaban J connectivity index is 1.84. The van der Waals surface area contributed by atoms with Crippen LogP contribution in [0.2, 0.25) is 0 Å². The van der Waals surface area contributed by atoms with E-state index in [4.69, 9.17) is 22.1 Å². The summed E-state index contributed by atoms with van der Waals surface area (Å²) in [6.45, 7) is 7.09. The molecular weight excluding hydrogens is 274 g/mol. The van der Waals surface area contributed by atoms with Crippen LogP contribution in [0.3, 0.4) is 0 Å².